The largest absolute Gasteiger partial charge is 0.379 e. The van der Waals surface area contributed by atoms with E-state index in [1.807, 2.05) is 20.8 Å². The Bertz CT molecular complexity index is 138. The Labute approximate surface area is 81.8 Å². The lowest BCUT2D eigenvalue weighted by molar-refractivity contribution is -0.0813. The molecule has 0 aromatic heterocycles. The smallest absolute Gasteiger partial charge is 0.0812 e. The SMILES string of the molecule is COC(C)(C)CCNOC(C)(C)C. The summed E-state index contributed by atoms with van der Waals surface area (Å²) in [5.41, 5.74) is 2.73. The van der Waals surface area contributed by atoms with Crippen molar-refractivity contribution in [3.05, 3.63) is 0 Å². The van der Waals surface area contributed by atoms with Crippen molar-refractivity contribution >= 4 is 0 Å². The summed E-state index contributed by atoms with van der Waals surface area (Å²) >= 11 is 0. The lowest BCUT2D eigenvalue weighted by atomic mass is 10.1. The number of hydrogen-bond donors (Lipinski definition) is 1. The fraction of sp³-hybridized carbons (Fsp3) is 1.00. The lowest BCUT2D eigenvalue weighted by Gasteiger charge is -2.24. The zero-order chi connectivity index (χ0) is 10.5. The first kappa shape index (κ1) is 12.9. The van der Waals surface area contributed by atoms with Crippen LogP contribution in [-0.2, 0) is 9.57 Å². The number of hydroxylamine groups is 1. The van der Waals surface area contributed by atoms with E-state index in [9.17, 15) is 0 Å². The first-order valence-electron chi connectivity index (χ1n) is 4.73. The maximum absolute atomic E-state index is 5.36. The van der Waals surface area contributed by atoms with Crippen molar-refractivity contribution in [2.75, 3.05) is 13.7 Å². The molecule has 3 nitrogen and oxygen atoms in total. The Balaban J connectivity index is 3.47. The van der Waals surface area contributed by atoms with Crippen LogP contribution in [0.1, 0.15) is 41.0 Å². The Morgan fingerprint density at radius 2 is 1.62 bits per heavy atom. The summed E-state index contributed by atoms with van der Waals surface area (Å²) in [4.78, 5) is 5.36. The lowest BCUT2D eigenvalue weighted by Crippen LogP contribution is -2.33. The van der Waals surface area contributed by atoms with Gasteiger partial charge < -0.3 is 4.74 Å². The molecular formula is C10H23NO2. The standard InChI is InChI=1S/C10H23NO2/c1-9(2,3)13-11-8-7-10(4,5)12-6/h11H,7-8H2,1-6H3. The van der Waals surface area contributed by atoms with E-state index >= 15 is 0 Å². The molecule has 0 aliphatic heterocycles. The second kappa shape index (κ2) is 4.94. The Morgan fingerprint density at radius 3 is 2.00 bits per heavy atom. The van der Waals surface area contributed by atoms with Crippen LogP contribution in [0, 0.1) is 0 Å². The van der Waals surface area contributed by atoms with Crippen LogP contribution in [0.25, 0.3) is 0 Å². The number of rotatable bonds is 5. The molecule has 0 aliphatic rings. The van der Waals surface area contributed by atoms with Crippen molar-refractivity contribution in [1.29, 1.82) is 0 Å². The second-order valence-corrected chi connectivity index (χ2v) is 4.82. The van der Waals surface area contributed by atoms with Gasteiger partial charge in [0.1, 0.15) is 0 Å². The minimum atomic E-state index is -0.128. The van der Waals surface area contributed by atoms with Crippen LogP contribution in [0.3, 0.4) is 0 Å². The zero-order valence-corrected chi connectivity index (χ0v) is 9.73. The van der Waals surface area contributed by atoms with E-state index in [1.165, 1.54) is 0 Å². The van der Waals surface area contributed by atoms with Crippen molar-refractivity contribution < 1.29 is 9.57 Å². The predicted octanol–water partition coefficient (Wildman–Crippen LogP) is 2.12. The molecule has 0 saturated carbocycles. The third kappa shape index (κ3) is 8.22. The summed E-state index contributed by atoms with van der Waals surface area (Å²) in [6, 6.07) is 0. The molecule has 0 bridgehead atoms. The van der Waals surface area contributed by atoms with Crippen molar-refractivity contribution in [3.8, 4) is 0 Å². The molecule has 0 radical (unpaired) electrons. The predicted molar refractivity (Wildman–Crippen MR) is 54.5 cm³/mol. The Kier molecular flexibility index (Phi) is 4.89. The van der Waals surface area contributed by atoms with Crippen LogP contribution >= 0.6 is 0 Å². The minimum Gasteiger partial charge on any atom is -0.379 e. The Morgan fingerprint density at radius 1 is 1.08 bits per heavy atom. The summed E-state index contributed by atoms with van der Waals surface area (Å²) < 4.78 is 5.27. The van der Waals surface area contributed by atoms with E-state index in [1.54, 1.807) is 7.11 Å². The van der Waals surface area contributed by atoms with E-state index in [2.05, 4.69) is 19.3 Å². The quantitative estimate of drug-likeness (QED) is 0.531. The average Bonchev–Trinajstić information content (AvgIpc) is 1.97. The van der Waals surface area contributed by atoms with Crippen LogP contribution in [0.15, 0.2) is 0 Å². The van der Waals surface area contributed by atoms with Crippen LogP contribution in [0.2, 0.25) is 0 Å². The highest BCUT2D eigenvalue weighted by Gasteiger charge is 2.16. The van der Waals surface area contributed by atoms with Gasteiger partial charge in [0.25, 0.3) is 0 Å². The van der Waals surface area contributed by atoms with Gasteiger partial charge >= 0.3 is 0 Å². The number of hydrogen-bond acceptors (Lipinski definition) is 3. The van der Waals surface area contributed by atoms with Crippen LogP contribution in [-0.4, -0.2) is 24.9 Å². The second-order valence-electron chi connectivity index (χ2n) is 4.82. The molecule has 0 unspecified atom stereocenters. The molecule has 0 spiro atoms. The fourth-order valence-electron chi connectivity index (χ4n) is 0.722. The van der Waals surface area contributed by atoms with E-state index in [0.29, 0.717) is 0 Å². The van der Waals surface area contributed by atoms with Gasteiger partial charge in [0, 0.05) is 13.7 Å². The zero-order valence-electron chi connectivity index (χ0n) is 9.73. The van der Waals surface area contributed by atoms with Crippen LogP contribution < -0.4 is 5.48 Å². The van der Waals surface area contributed by atoms with Gasteiger partial charge in [-0.25, -0.2) is 5.48 Å². The minimum absolute atomic E-state index is 0.0752. The average molecular weight is 189 g/mol. The first-order valence-corrected chi connectivity index (χ1v) is 4.73. The van der Waals surface area contributed by atoms with E-state index < -0.39 is 0 Å². The van der Waals surface area contributed by atoms with Gasteiger partial charge in [0.15, 0.2) is 0 Å². The first-order chi connectivity index (χ1) is 5.77. The maximum Gasteiger partial charge on any atom is 0.0812 e. The molecule has 0 saturated heterocycles. The van der Waals surface area contributed by atoms with Crippen molar-refractivity contribution in [3.63, 3.8) is 0 Å². The van der Waals surface area contributed by atoms with Crippen molar-refractivity contribution in [2.24, 2.45) is 0 Å². The molecule has 0 atom stereocenters. The molecule has 0 heterocycles. The van der Waals surface area contributed by atoms with Gasteiger partial charge in [-0.1, -0.05) is 0 Å². The van der Waals surface area contributed by atoms with Gasteiger partial charge in [-0.15, -0.1) is 0 Å². The highest BCUT2D eigenvalue weighted by Crippen LogP contribution is 2.12. The summed E-state index contributed by atoms with van der Waals surface area (Å²) in [6.45, 7) is 11.0. The summed E-state index contributed by atoms with van der Waals surface area (Å²) in [5, 5.41) is 0. The number of methoxy groups -OCH3 is 1. The van der Waals surface area contributed by atoms with Crippen molar-refractivity contribution in [2.45, 2.75) is 52.2 Å². The molecule has 0 rings (SSSR count). The van der Waals surface area contributed by atoms with E-state index in [-0.39, 0.29) is 11.2 Å². The third-order valence-electron chi connectivity index (χ3n) is 1.76. The summed E-state index contributed by atoms with van der Waals surface area (Å²) in [6.07, 6.45) is 0.930. The molecule has 0 amide bonds. The molecule has 0 aliphatic carbocycles. The van der Waals surface area contributed by atoms with Gasteiger partial charge in [-0.05, 0) is 41.0 Å². The molecule has 1 N–H and O–H groups in total. The topological polar surface area (TPSA) is 30.5 Å². The summed E-state index contributed by atoms with van der Waals surface area (Å²) in [5.74, 6) is 0. The van der Waals surface area contributed by atoms with Gasteiger partial charge in [0.2, 0.25) is 0 Å². The molecular weight excluding hydrogens is 166 g/mol. The van der Waals surface area contributed by atoms with E-state index in [0.717, 1.165) is 13.0 Å². The van der Waals surface area contributed by atoms with E-state index in [4.69, 9.17) is 9.57 Å². The monoisotopic (exact) mass is 189 g/mol. The normalized spacial score (nSPS) is 13.4. The summed E-state index contributed by atoms with van der Waals surface area (Å²) in [7, 11) is 1.73. The van der Waals surface area contributed by atoms with Gasteiger partial charge in [0.05, 0.1) is 11.2 Å². The molecule has 0 fully saturated rings. The molecule has 80 valence electrons. The third-order valence-corrected chi connectivity index (χ3v) is 1.76. The maximum atomic E-state index is 5.36. The molecule has 3 heteroatoms. The molecule has 13 heavy (non-hydrogen) atoms. The highest BCUT2D eigenvalue weighted by atomic mass is 16.7. The number of nitrogens with one attached hydrogen (secondary N) is 1. The number of ether oxygens (including phenoxy) is 1. The Hall–Kier alpha value is -0.120. The molecule has 0 aromatic carbocycles. The highest BCUT2D eigenvalue weighted by molar-refractivity contribution is 4.68. The van der Waals surface area contributed by atoms with Gasteiger partial charge in [-0.3, -0.25) is 4.84 Å². The fourth-order valence-corrected chi connectivity index (χ4v) is 0.722. The van der Waals surface area contributed by atoms with Gasteiger partial charge in [-0.2, -0.15) is 0 Å². The van der Waals surface area contributed by atoms with Crippen LogP contribution in [0.5, 0.6) is 0 Å². The van der Waals surface area contributed by atoms with Crippen molar-refractivity contribution in [1.82, 2.24) is 5.48 Å². The van der Waals surface area contributed by atoms with Crippen LogP contribution in [0.4, 0.5) is 0 Å². The molecule has 0 aromatic rings.